The number of halogens is 3. The quantitative estimate of drug-likeness (QED) is 0.768. The molecule has 3 unspecified atom stereocenters. The van der Waals surface area contributed by atoms with Crippen molar-refractivity contribution in [3.63, 3.8) is 0 Å². The summed E-state index contributed by atoms with van der Waals surface area (Å²) < 4.78 is 37.2. The molecule has 6 heteroatoms. The Morgan fingerprint density at radius 2 is 1.88 bits per heavy atom. The molecule has 0 spiro atoms. The lowest BCUT2D eigenvalue weighted by Crippen LogP contribution is -2.36. The highest BCUT2D eigenvalue weighted by atomic mass is 19.4. The number of rotatable bonds is 2. The van der Waals surface area contributed by atoms with Crippen LogP contribution in [-0.4, -0.2) is 43.8 Å². The Balaban J connectivity index is 1.89. The van der Waals surface area contributed by atoms with Gasteiger partial charge in [0.2, 0.25) is 0 Å². The van der Waals surface area contributed by atoms with Crippen molar-refractivity contribution in [3.8, 4) is 6.07 Å². The average Bonchev–Trinajstić information content (AvgIpc) is 2.71. The zero-order valence-electron chi connectivity index (χ0n) is 8.80. The van der Waals surface area contributed by atoms with Crippen LogP contribution in [0.1, 0.15) is 0 Å². The van der Waals surface area contributed by atoms with E-state index in [4.69, 9.17) is 5.26 Å². The van der Waals surface area contributed by atoms with E-state index < -0.39 is 12.1 Å². The van der Waals surface area contributed by atoms with Crippen molar-refractivity contribution < 1.29 is 13.2 Å². The molecule has 1 N–H and O–H groups in total. The second kappa shape index (κ2) is 4.22. The second-order valence-corrected chi connectivity index (χ2v) is 4.62. The van der Waals surface area contributed by atoms with Gasteiger partial charge in [0.1, 0.15) is 0 Å². The van der Waals surface area contributed by atoms with Crippen LogP contribution in [0.2, 0.25) is 0 Å². The van der Waals surface area contributed by atoms with Crippen LogP contribution >= 0.6 is 0 Å². The van der Waals surface area contributed by atoms with Gasteiger partial charge >= 0.3 is 6.18 Å². The molecule has 0 aliphatic carbocycles. The fourth-order valence-corrected chi connectivity index (χ4v) is 2.58. The van der Waals surface area contributed by atoms with Crippen molar-refractivity contribution in [3.05, 3.63) is 0 Å². The van der Waals surface area contributed by atoms with Crippen LogP contribution < -0.4 is 5.32 Å². The lowest BCUT2D eigenvalue weighted by atomic mass is 10.0. The molecule has 3 nitrogen and oxygen atoms in total. The third-order valence-corrected chi connectivity index (χ3v) is 3.46. The lowest BCUT2D eigenvalue weighted by molar-refractivity contribution is -0.162. The van der Waals surface area contributed by atoms with Gasteiger partial charge in [-0.3, -0.25) is 0 Å². The number of fused-ring (bicyclic) bond motifs is 1. The van der Waals surface area contributed by atoms with Crippen molar-refractivity contribution in [2.24, 2.45) is 17.8 Å². The van der Waals surface area contributed by atoms with Crippen molar-refractivity contribution >= 4 is 0 Å². The smallest absolute Gasteiger partial charge is 0.316 e. The standard InChI is InChI=1S/C10H14F3N3/c11-10(12,13)9(1-14)6-16-4-7-2-15-3-8(7)5-16/h7-9,15H,2-6H2. The summed E-state index contributed by atoms with van der Waals surface area (Å²) in [4.78, 5) is 1.78. The van der Waals surface area contributed by atoms with E-state index in [1.165, 1.54) is 6.07 Å². The van der Waals surface area contributed by atoms with E-state index in [1.54, 1.807) is 4.90 Å². The molecule has 16 heavy (non-hydrogen) atoms. The largest absolute Gasteiger partial charge is 0.405 e. The van der Waals surface area contributed by atoms with Gasteiger partial charge in [0, 0.05) is 19.6 Å². The first-order valence-corrected chi connectivity index (χ1v) is 5.40. The molecule has 0 aromatic heterocycles. The molecule has 3 atom stereocenters. The summed E-state index contributed by atoms with van der Waals surface area (Å²) in [5.74, 6) is -0.917. The van der Waals surface area contributed by atoms with Crippen molar-refractivity contribution in [2.45, 2.75) is 6.18 Å². The fourth-order valence-electron chi connectivity index (χ4n) is 2.58. The van der Waals surface area contributed by atoms with Crippen LogP contribution in [0.4, 0.5) is 13.2 Å². The van der Waals surface area contributed by atoms with Crippen molar-refractivity contribution in [1.82, 2.24) is 10.2 Å². The Labute approximate surface area is 92.2 Å². The minimum atomic E-state index is -4.40. The van der Waals surface area contributed by atoms with Gasteiger partial charge in [0.15, 0.2) is 5.92 Å². The minimum absolute atomic E-state index is 0.174. The number of nitriles is 1. The maximum atomic E-state index is 12.4. The Kier molecular flexibility index (Phi) is 3.08. The maximum Gasteiger partial charge on any atom is 0.405 e. The molecule has 0 amide bonds. The first-order valence-electron chi connectivity index (χ1n) is 5.40. The third-order valence-electron chi connectivity index (χ3n) is 3.46. The minimum Gasteiger partial charge on any atom is -0.316 e. The molecular formula is C10H14F3N3. The SMILES string of the molecule is N#CC(CN1CC2CNCC2C1)C(F)(F)F. The number of hydrogen-bond donors (Lipinski definition) is 1. The van der Waals surface area contributed by atoms with Gasteiger partial charge in [-0.2, -0.15) is 18.4 Å². The van der Waals surface area contributed by atoms with Gasteiger partial charge in [-0.1, -0.05) is 0 Å². The lowest BCUT2D eigenvalue weighted by Gasteiger charge is -2.21. The summed E-state index contributed by atoms with van der Waals surface area (Å²) in [6.07, 6.45) is -4.40. The first-order chi connectivity index (χ1) is 7.50. The highest BCUT2D eigenvalue weighted by Crippen LogP contribution is 2.31. The summed E-state index contributed by atoms with van der Waals surface area (Å²) in [5, 5.41) is 11.7. The van der Waals surface area contributed by atoms with E-state index >= 15 is 0 Å². The van der Waals surface area contributed by atoms with Crippen LogP contribution in [0.15, 0.2) is 0 Å². The van der Waals surface area contributed by atoms with E-state index in [-0.39, 0.29) is 6.54 Å². The Hall–Kier alpha value is -0.800. The molecule has 0 bridgehead atoms. The van der Waals surface area contributed by atoms with E-state index in [2.05, 4.69) is 5.32 Å². The molecule has 2 aliphatic rings. The summed E-state index contributed by atoms with van der Waals surface area (Å²) in [7, 11) is 0. The van der Waals surface area contributed by atoms with Gasteiger partial charge < -0.3 is 10.2 Å². The number of hydrogen-bond acceptors (Lipinski definition) is 3. The molecule has 0 aromatic rings. The van der Waals surface area contributed by atoms with Crippen molar-refractivity contribution in [1.29, 1.82) is 5.26 Å². The molecular weight excluding hydrogens is 219 g/mol. The summed E-state index contributed by atoms with van der Waals surface area (Å²) in [6, 6.07) is 1.35. The molecule has 0 radical (unpaired) electrons. The molecule has 0 saturated carbocycles. The van der Waals surface area contributed by atoms with Gasteiger partial charge in [-0.25, -0.2) is 0 Å². The van der Waals surface area contributed by atoms with Gasteiger partial charge in [0.25, 0.3) is 0 Å². The van der Waals surface area contributed by atoms with Crippen LogP contribution in [0.5, 0.6) is 0 Å². The highest BCUT2D eigenvalue weighted by molar-refractivity contribution is 4.96. The zero-order valence-corrected chi connectivity index (χ0v) is 8.80. The van der Waals surface area contributed by atoms with Crippen LogP contribution in [-0.2, 0) is 0 Å². The average molecular weight is 233 g/mol. The number of alkyl halides is 3. The van der Waals surface area contributed by atoms with Crippen LogP contribution in [0.3, 0.4) is 0 Å². The van der Waals surface area contributed by atoms with Gasteiger partial charge in [-0.05, 0) is 24.9 Å². The predicted molar refractivity (Wildman–Crippen MR) is 51.4 cm³/mol. The van der Waals surface area contributed by atoms with Crippen LogP contribution in [0.25, 0.3) is 0 Å². The number of nitrogens with zero attached hydrogens (tertiary/aromatic N) is 2. The zero-order chi connectivity index (χ0) is 11.8. The third kappa shape index (κ3) is 2.30. The first kappa shape index (κ1) is 11.7. The molecule has 90 valence electrons. The van der Waals surface area contributed by atoms with Gasteiger partial charge in [0.05, 0.1) is 6.07 Å². The van der Waals surface area contributed by atoms with E-state index in [0.717, 1.165) is 13.1 Å². The number of likely N-dealkylation sites (tertiary alicyclic amines) is 1. The second-order valence-electron chi connectivity index (χ2n) is 4.62. The molecule has 0 aromatic carbocycles. The Bertz CT molecular complexity index is 285. The monoisotopic (exact) mass is 233 g/mol. The topological polar surface area (TPSA) is 39.1 Å². The Morgan fingerprint density at radius 3 is 2.31 bits per heavy atom. The van der Waals surface area contributed by atoms with E-state index in [0.29, 0.717) is 24.9 Å². The molecule has 2 rings (SSSR count). The number of nitrogens with one attached hydrogen (secondary N) is 1. The van der Waals surface area contributed by atoms with E-state index in [9.17, 15) is 13.2 Å². The van der Waals surface area contributed by atoms with Crippen LogP contribution in [0, 0.1) is 29.1 Å². The molecule has 2 fully saturated rings. The summed E-state index contributed by atoms with van der Waals surface area (Å²) in [6.45, 7) is 2.99. The molecule has 2 aliphatic heterocycles. The Morgan fingerprint density at radius 1 is 1.31 bits per heavy atom. The van der Waals surface area contributed by atoms with E-state index in [1.807, 2.05) is 0 Å². The fraction of sp³-hybridized carbons (Fsp3) is 0.900. The summed E-state index contributed by atoms with van der Waals surface area (Å²) in [5.41, 5.74) is 0. The summed E-state index contributed by atoms with van der Waals surface area (Å²) >= 11 is 0. The maximum absolute atomic E-state index is 12.4. The normalized spacial score (nSPS) is 32.4. The highest BCUT2D eigenvalue weighted by Gasteiger charge is 2.44. The predicted octanol–water partition coefficient (Wildman–Crippen LogP) is 0.840. The molecule has 2 saturated heterocycles. The van der Waals surface area contributed by atoms with Gasteiger partial charge in [-0.15, -0.1) is 0 Å². The van der Waals surface area contributed by atoms with Crippen molar-refractivity contribution in [2.75, 3.05) is 32.7 Å². The molecule has 2 heterocycles.